The van der Waals surface area contributed by atoms with Crippen LogP contribution in [0.3, 0.4) is 0 Å². The number of halogens is 2. The molecule has 14 heavy (non-hydrogen) atoms. The van der Waals surface area contributed by atoms with E-state index in [1.54, 1.807) is 6.07 Å². The molecule has 4 heteroatoms. The highest BCUT2D eigenvalue weighted by molar-refractivity contribution is 9.10. The molecule has 0 amide bonds. The van der Waals surface area contributed by atoms with Gasteiger partial charge in [0, 0.05) is 27.5 Å². The lowest BCUT2D eigenvalue weighted by Crippen LogP contribution is -2.08. The van der Waals surface area contributed by atoms with Gasteiger partial charge in [-0.3, -0.25) is 0 Å². The van der Waals surface area contributed by atoms with Crippen molar-refractivity contribution in [2.45, 2.75) is 12.3 Å². The van der Waals surface area contributed by atoms with Crippen LogP contribution in [0.15, 0.2) is 16.6 Å². The molecule has 0 bridgehead atoms. The molecule has 1 aliphatic rings. The minimum absolute atomic E-state index is 0.290. The van der Waals surface area contributed by atoms with Crippen molar-refractivity contribution in [1.29, 1.82) is 0 Å². The molecule has 0 aliphatic carbocycles. The van der Waals surface area contributed by atoms with Crippen LogP contribution in [0.5, 0.6) is 5.75 Å². The van der Waals surface area contributed by atoms with Gasteiger partial charge in [0.25, 0.3) is 0 Å². The van der Waals surface area contributed by atoms with E-state index >= 15 is 0 Å². The summed E-state index contributed by atoms with van der Waals surface area (Å²) in [4.78, 5) is 0. The maximum atomic E-state index is 9.79. The zero-order valence-electron chi connectivity index (χ0n) is 7.56. The number of aromatic hydroxyl groups is 1. The lowest BCUT2D eigenvalue weighted by molar-refractivity contribution is 0.462. The smallest absolute Gasteiger partial charge is 0.121 e. The van der Waals surface area contributed by atoms with E-state index in [4.69, 9.17) is 11.6 Å². The van der Waals surface area contributed by atoms with Gasteiger partial charge in [0.2, 0.25) is 0 Å². The first-order chi connectivity index (χ1) is 6.68. The van der Waals surface area contributed by atoms with E-state index in [0.29, 0.717) is 10.9 Å². The molecule has 1 heterocycles. The number of phenols is 1. The van der Waals surface area contributed by atoms with Crippen LogP contribution >= 0.6 is 27.5 Å². The lowest BCUT2D eigenvalue weighted by Gasteiger charge is -2.13. The van der Waals surface area contributed by atoms with Crippen molar-refractivity contribution in [1.82, 2.24) is 5.32 Å². The molecule has 1 aliphatic heterocycles. The van der Waals surface area contributed by atoms with Crippen LogP contribution in [-0.2, 0) is 0 Å². The van der Waals surface area contributed by atoms with Gasteiger partial charge in [0.1, 0.15) is 5.75 Å². The van der Waals surface area contributed by atoms with E-state index in [1.807, 2.05) is 6.07 Å². The number of benzene rings is 1. The first-order valence-corrected chi connectivity index (χ1v) is 5.74. The van der Waals surface area contributed by atoms with Gasteiger partial charge >= 0.3 is 0 Å². The number of rotatable bonds is 1. The summed E-state index contributed by atoms with van der Waals surface area (Å²) in [5.74, 6) is 0.680. The van der Waals surface area contributed by atoms with Crippen molar-refractivity contribution in [3.63, 3.8) is 0 Å². The van der Waals surface area contributed by atoms with Crippen LogP contribution in [-0.4, -0.2) is 18.2 Å². The highest BCUT2D eigenvalue weighted by Gasteiger charge is 2.22. The topological polar surface area (TPSA) is 32.3 Å². The third kappa shape index (κ3) is 1.90. The van der Waals surface area contributed by atoms with Gasteiger partial charge < -0.3 is 10.4 Å². The fourth-order valence-corrected chi connectivity index (χ4v) is 2.99. The van der Waals surface area contributed by atoms with E-state index < -0.39 is 0 Å². The minimum atomic E-state index is 0.290. The van der Waals surface area contributed by atoms with Crippen LogP contribution in [0.2, 0.25) is 5.02 Å². The first kappa shape index (κ1) is 10.3. The molecule has 2 N–H and O–H groups in total. The predicted octanol–water partition coefficient (Wildman–Crippen LogP) is 2.89. The van der Waals surface area contributed by atoms with Gasteiger partial charge in [-0.15, -0.1) is 0 Å². The van der Waals surface area contributed by atoms with Gasteiger partial charge in [-0.2, -0.15) is 0 Å². The van der Waals surface area contributed by atoms with Crippen LogP contribution < -0.4 is 5.32 Å². The lowest BCUT2D eigenvalue weighted by atomic mass is 9.97. The Morgan fingerprint density at radius 3 is 2.86 bits per heavy atom. The van der Waals surface area contributed by atoms with Gasteiger partial charge in [-0.05, 0) is 25.1 Å². The van der Waals surface area contributed by atoms with Crippen LogP contribution in [0.4, 0.5) is 0 Å². The zero-order chi connectivity index (χ0) is 10.1. The molecule has 0 aromatic heterocycles. The van der Waals surface area contributed by atoms with Crippen LogP contribution in [0.1, 0.15) is 17.9 Å². The first-order valence-electron chi connectivity index (χ1n) is 4.57. The third-order valence-corrected chi connectivity index (χ3v) is 3.42. The second kappa shape index (κ2) is 4.09. The summed E-state index contributed by atoms with van der Waals surface area (Å²) >= 11 is 9.26. The average molecular weight is 277 g/mol. The Morgan fingerprint density at radius 1 is 1.50 bits per heavy atom. The molecule has 76 valence electrons. The molecule has 1 saturated heterocycles. The number of hydrogen-bond donors (Lipinski definition) is 2. The summed E-state index contributed by atoms with van der Waals surface area (Å²) in [6.07, 6.45) is 1.06. The van der Waals surface area contributed by atoms with E-state index in [9.17, 15) is 5.11 Å². The number of hydrogen-bond acceptors (Lipinski definition) is 2. The van der Waals surface area contributed by atoms with E-state index in [0.717, 1.165) is 29.5 Å². The Hall–Kier alpha value is -0.250. The van der Waals surface area contributed by atoms with E-state index in [2.05, 4.69) is 21.2 Å². The van der Waals surface area contributed by atoms with Crippen LogP contribution in [0, 0.1) is 0 Å². The Kier molecular flexibility index (Phi) is 3.00. The second-order valence-electron chi connectivity index (χ2n) is 3.51. The summed E-state index contributed by atoms with van der Waals surface area (Å²) in [6, 6.07) is 3.43. The zero-order valence-corrected chi connectivity index (χ0v) is 9.90. The molecule has 2 rings (SSSR count). The van der Waals surface area contributed by atoms with Crippen molar-refractivity contribution in [3.8, 4) is 5.75 Å². The molecule has 1 atom stereocenters. The second-order valence-corrected chi connectivity index (χ2v) is 4.80. The van der Waals surface area contributed by atoms with Gasteiger partial charge in [-0.1, -0.05) is 27.5 Å². The Labute approximate surface area is 96.4 Å². The fourth-order valence-electron chi connectivity index (χ4n) is 1.88. The Bertz CT molecular complexity index is 327. The monoisotopic (exact) mass is 275 g/mol. The molecule has 1 fully saturated rings. The molecule has 1 aromatic rings. The Morgan fingerprint density at radius 2 is 2.29 bits per heavy atom. The molecule has 0 saturated carbocycles. The van der Waals surface area contributed by atoms with Gasteiger partial charge in [0.15, 0.2) is 0 Å². The normalized spacial score (nSPS) is 21.4. The van der Waals surface area contributed by atoms with Crippen molar-refractivity contribution < 1.29 is 5.11 Å². The molecule has 1 aromatic carbocycles. The SMILES string of the molecule is Oc1cc(Cl)cc(Br)c1C1CCNC1. The Balaban J connectivity index is 2.40. The molecule has 1 unspecified atom stereocenters. The fraction of sp³-hybridized carbons (Fsp3) is 0.400. The van der Waals surface area contributed by atoms with E-state index in [-0.39, 0.29) is 5.75 Å². The largest absolute Gasteiger partial charge is 0.508 e. The summed E-state index contributed by atoms with van der Waals surface area (Å²) in [7, 11) is 0. The average Bonchev–Trinajstić information content (AvgIpc) is 2.54. The highest BCUT2D eigenvalue weighted by atomic mass is 79.9. The maximum Gasteiger partial charge on any atom is 0.121 e. The molecular formula is C10H11BrClNO. The number of phenolic OH excluding ortho intramolecular Hbond substituents is 1. The van der Waals surface area contributed by atoms with Crippen molar-refractivity contribution in [2.24, 2.45) is 0 Å². The quantitative estimate of drug-likeness (QED) is 0.827. The molecule has 2 nitrogen and oxygen atoms in total. The summed E-state index contributed by atoms with van der Waals surface area (Å²) < 4.78 is 0.899. The van der Waals surface area contributed by atoms with Crippen LogP contribution in [0.25, 0.3) is 0 Å². The molecule has 0 radical (unpaired) electrons. The van der Waals surface area contributed by atoms with E-state index in [1.165, 1.54) is 0 Å². The van der Waals surface area contributed by atoms with Crippen molar-refractivity contribution in [3.05, 3.63) is 27.2 Å². The van der Waals surface area contributed by atoms with Crippen molar-refractivity contribution in [2.75, 3.05) is 13.1 Å². The predicted molar refractivity (Wildman–Crippen MR) is 61.0 cm³/mol. The van der Waals surface area contributed by atoms with Gasteiger partial charge in [0.05, 0.1) is 0 Å². The third-order valence-electron chi connectivity index (χ3n) is 2.54. The highest BCUT2D eigenvalue weighted by Crippen LogP contribution is 2.38. The van der Waals surface area contributed by atoms with Crippen molar-refractivity contribution >= 4 is 27.5 Å². The minimum Gasteiger partial charge on any atom is -0.508 e. The summed E-state index contributed by atoms with van der Waals surface area (Å²) in [5.41, 5.74) is 0.972. The van der Waals surface area contributed by atoms with Gasteiger partial charge in [-0.25, -0.2) is 0 Å². The molecule has 0 spiro atoms. The summed E-state index contributed by atoms with van der Waals surface area (Å²) in [5, 5.41) is 13.6. The summed E-state index contributed by atoms with van der Waals surface area (Å²) in [6.45, 7) is 1.94. The standard InChI is InChI=1S/C10H11BrClNO/c11-8-3-7(12)4-9(14)10(8)6-1-2-13-5-6/h3-4,6,13-14H,1-2,5H2. The molecular weight excluding hydrogens is 265 g/mol. The maximum absolute atomic E-state index is 9.79. The number of nitrogens with one attached hydrogen (secondary N) is 1.